The van der Waals surface area contributed by atoms with Gasteiger partial charge in [-0.3, -0.25) is 4.79 Å². The lowest BCUT2D eigenvalue weighted by molar-refractivity contribution is -0.146. The van der Waals surface area contributed by atoms with Gasteiger partial charge in [0.15, 0.2) is 0 Å². The molecule has 1 aliphatic rings. The summed E-state index contributed by atoms with van der Waals surface area (Å²) in [6.45, 7) is 7.46. The maximum Gasteiger partial charge on any atom is 0.329 e. The van der Waals surface area contributed by atoms with Gasteiger partial charge in [-0.05, 0) is 80.5 Å². The first-order valence-electron chi connectivity index (χ1n) is 12.8. The Balaban J connectivity index is 1.66. The summed E-state index contributed by atoms with van der Waals surface area (Å²) in [5.74, 6) is -1.74. The predicted molar refractivity (Wildman–Crippen MR) is 147 cm³/mol. The van der Waals surface area contributed by atoms with Gasteiger partial charge in [-0.15, -0.1) is 0 Å². The minimum atomic E-state index is -1.40. The summed E-state index contributed by atoms with van der Waals surface area (Å²) < 4.78 is 0. The molecule has 1 saturated carbocycles. The van der Waals surface area contributed by atoms with E-state index in [-0.39, 0.29) is 11.5 Å². The van der Waals surface area contributed by atoms with E-state index < -0.39 is 23.4 Å². The molecule has 7 nitrogen and oxygen atoms in total. The van der Waals surface area contributed by atoms with Crippen molar-refractivity contribution in [2.45, 2.75) is 65.3 Å². The molecular formula is C30H35N3O4. The van der Waals surface area contributed by atoms with E-state index in [4.69, 9.17) is 0 Å². The quantitative estimate of drug-likeness (QED) is 0.307. The Labute approximate surface area is 217 Å². The summed E-state index contributed by atoms with van der Waals surface area (Å²) in [6, 6.07) is 14.5. The normalized spacial score (nSPS) is 15.6. The number of benzene rings is 3. The third kappa shape index (κ3) is 5.61. The molecule has 4 N–H and O–H groups in total. The van der Waals surface area contributed by atoms with Crippen molar-refractivity contribution >= 4 is 40.1 Å². The molecule has 4 rings (SSSR count). The van der Waals surface area contributed by atoms with Gasteiger partial charge in [0, 0.05) is 5.69 Å². The first-order valence-corrected chi connectivity index (χ1v) is 12.8. The van der Waals surface area contributed by atoms with E-state index >= 15 is 0 Å². The summed E-state index contributed by atoms with van der Waals surface area (Å²) in [7, 11) is 0. The highest BCUT2D eigenvalue weighted by atomic mass is 16.4. The van der Waals surface area contributed by atoms with Gasteiger partial charge < -0.3 is 21.1 Å². The summed E-state index contributed by atoms with van der Waals surface area (Å²) in [4.78, 5) is 39.0. The fraction of sp³-hybridized carbons (Fsp3) is 0.367. The number of carbonyl (C=O) groups is 3. The molecule has 3 aromatic carbocycles. The monoisotopic (exact) mass is 501 g/mol. The molecule has 3 aromatic rings. The summed E-state index contributed by atoms with van der Waals surface area (Å²) in [6.07, 6.45) is 4.48. The molecule has 1 fully saturated rings. The Morgan fingerprint density at radius 2 is 1.46 bits per heavy atom. The highest BCUT2D eigenvalue weighted by Gasteiger charge is 2.43. The van der Waals surface area contributed by atoms with Gasteiger partial charge in [-0.25, -0.2) is 9.59 Å². The Kier molecular flexibility index (Phi) is 7.52. The number of hydrogen-bond donors (Lipinski definition) is 4. The molecule has 0 spiro atoms. The average Bonchev–Trinajstić information content (AvgIpc) is 2.86. The van der Waals surface area contributed by atoms with Crippen molar-refractivity contribution in [1.82, 2.24) is 5.32 Å². The molecule has 0 aromatic heterocycles. The van der Waals surface area contributed by atoms with Crippen LogP contribution in [0.5, 0.6) is 0 Å². The van der Waals surface area contributed by atoms with Crippen molar-refractivity contribution in [3.05, 3.63) is 70.8 Å². The van der Waals surface area contributed by atoms with Crippen molar-refractivity contribution in [2.24, 2.45) is 5.92 Å². The van der Waals surface area contributed by atoms with Crippen molar-refractivity contribution in [1.29, 1.82) is 0 Å². The zero-order valence-corrected chi connectivity index (χ0v) is 21.9. The summed E-state index contributed by atoms with van der Waals surface area (Å²) in [5, 5.41) is 20.3. The topological polar surface area (TPSA) is 108 Å². The van der Waals surface area contributed by atoms with Gasteiger partial charge in [0.05, 0.1) is 11.3 Å². The van der Waals surface area contributed by atoms with Gasteiger partial charge in [-0.1, -0.05) is 61.2 Å². The molecule has 0 heterocycles. The minimum absolute atomic E-state index is 0.157. The second-order valence-corrected chi connectivity index (χ2v) is 10.4. The number of rotatable bonds is 6. The van der Waals surface area contributed by atoms with Crippen LogP contribution in [0.1, 0.15) is 66.1 Å². The highest BCUT2D eigenvalue weighted by molar-refractivity contribution is 6.10. The van der Waals surface area contributed by atoms with Crippen LogP contribution in [0.25, 0.3) is 10.8 Å². The first kappa shape index (κ1) is 26.2. The number of carboxylic acid groups (broad SMARTS) is 1. The summed E-state index contributed by atoms with van der Waals surface area (Å²) >= 11 is 0. The van der Waals surface area contributed by atoms with Crippen LogP contribution in [0, 0.1) is 26.7 Å². The number of amides is 3. The number of aliphatic carboxylic acids is 1. The van der Waals surface area contributed by atoms with Crippen molar-refractivity contribution in [3.8, 4) is 0 Å². The SMILES string of the molecule is Cc1cc(C)c(NC(=O)Nc2cc3ccccc3cc2C(=O)N[C@@](C)(C(=O)O)C2CCCCC2)c(C)c1. The average molecular weight is 502 g/mol. The van der Waals surface area contributed by atoms with Gasteiger partial charge in [0.25, 0.3) is 5.91 Å². The number of nitrogens with one attached hydrogen (secondary N) is 3. The van der Waals surface area contributed by atoms with Crippen LogP contribution in [-0.4, -0.2) is 28.6 Å². The molecule has 1 aliphatic carbocycles. The number of anilines is 2. The lowest BCUT2D eigenvalue weighted by atomic mass is 9.75. The van der Waals surface area contributed by atoms with Crippen LogP contribution in [0.4, 0.5) is 16.2 Å². The van der Waals surface area contributed by atoms with Crippen LogP contribution in [0.2, 0.25) is 0 Å². The van der Waals surface area contributed by atoms with E-state index in [0.717, 1.165) is 59.6 Å². The smallest absolute Gasteiger partial charge is 0.329 e. The largest absolute Gasteiger partial charge is 0.480 e. The van der Waals surface area contributed by atoms with Gasteiger partial charge in [-0.2, -0.15) is 0 Å². The zero-order chi connectivity index (χ0) is 26.7. The molecule has 0 bridgehead atoms. The Bertz CT molecular complexity index is 1340. The molecule has 1 atom stereocenters. The molecule has 194 valence electrons. The summed E-state index contributed by atoms with van der Waals surface area (Å²) in [5.41, 5.74) is 2.82. The van der Waals surface area contributed by atoms with Crippen LogP contribution in [-0.2, 0) is 4.79 Å². The van der Waals surface area contributed by atoms with Crippen molar-refractivity contribution in [3.63, 3.8) is 0 Å². The zero-order valence-electron chi connectivity index (χ0n) is 21.9. The van der Waals surface area contributed by atoms with E-state index in [0.29, 0.717) is 11.4 Å². The molecular weight excluding hydrogens is 466 g/mol. The Hall–Kier alpha value is -3.87. The van der Waals surface area contributed by atoms with Gasteiger partial charge in [0.2, 0.25) is 0 Å². The predicted octanol–water partition coefficient (Wildman–Crippen LogP) is 6.56. The molecule has 0 aliphatic heterocycles. The minimum Gasteiger partial charge on any atom is -0.480 e. The van der Waals surface area contributed by atoms with Crippen LogP contribution >= 0.6 is 0 Å². The first-order chi connectivity index (χ1) is 17.6. The van der Waals surface area contributed by atoms with Gasteiger partial charge >= 0.3 is 12.0 Å². The fourth-order valence-electron chi connectivity index (χ4n) is 5.49. The fourth-order valence-corrected chi connectivity index (χ4v) is 5.49. The van der Waals surface area contributed by atoms with Crippen LogP contribution in [0.15, 0.2) is 48.5 Å². The molecule has 3 amide bonds. The third-order valence-corrected chi connectivity index (χ3v) is 7.53. The van der Waals surface area contributed by atoms with Crippen molar-refractivity contribution in [2.75, 3.05) is 10.6 Å². The third-order valence-electron chi connectivity index (χ3n) is 7.53. The van der Waals surface area contributed by atoms with E-state index in [9.17, 15) is 19.5 Å². The standard InChI is InChI=1S/C30H35N3O4/c1-18-14-19(2)26(20(3)15-18)32-29(37)31-25-17-22-11-9-8-10-21(22)16-24(25)27(34)33-30(4,28(35)36)23-12-6-5-7-13-23/h8-11,14-17,23H,5-7,12-13H2,1-4H3,(H,33,34)(H,35,36)(H2,31,32,37)/t30-/m1/s1. The molecule has 37 heavy (non-hydrogen) atoms. The van der Waals surface area contributed by atoms with Crippen LogP contribution < -0.4 is 16.0 Å². The van der Waals surface area contributed by atoms with E-state index in [1.807, 2.05) is 57.2 Å². The lowest BCUT2D eigenvalue weighted by Gasteiger charge is -2.37. The number of carboxylic acids is 1. The number of carbonyl (C=O) groups excluding carboxylic acids is 2. The molecule has 0 radical (unpaired) electrons. The number of hydrogen-bond acceptors (Lipinski definition) is 3. The Morgan fingerprint density at radius 1 is 0.865 bits per heavy atom. The van der Waals surface area contributed by atoms with E-state index in [1.165, 1.54) is 0 Å². The number of aryl methyl sites for hydroxylation is 3. The lowest BCUT2D eigenvalue weighted by Crippen LogP contribution is -2.57. The van der Waals surface area contributed by atoms with Crippen LogP contribution in [0.3, 0.4) is 0 Å². The molecule has 7 heteroatoms. The Morgan fingerprint density at radius 3 is 2.05 bits per heavy atom. The van der Waals surface area contributed by atoms with E-state index in [2.05, 4.69) is 16.0 Å². The second-order valence-electron chi connectivity index (χ2n) is 10.4. The maximum atomic E-state index is 13.6. The van der Waals surface area contributed by atoms with Gasteiger partial charge in [0.1, 0.15) is 5.54 Å². The maximum absolute atomic E-state index is 13.6. The number of fused-ring (bicyclic) bond motifs is 1. The molecule has 0 saturated heterocycles. The second kappa shape index (κ2) is 10.6. The highest BCUT2D eigenvalue weighted by Crippen LogP contribution is 2.34. The molecule has 0 unspecified atom stereocenters. The number of urea groups is 1. The van der Waals surface area contributed by atoms with Crippen molar-refractivity contribution < 1.29 is 19.5 Å². The van der Waals surface area contributed by atoms with E-state index in [1.54, 1.807) is 19.1 Å².